The number of carbonyl (C=O) groups is 1. The molecule has 1 aromatic carbocycles. The molecule has 0 aliphatic carbocycles. The van der Waals surface area contributed by atoms with Crippen molar-refractivity contribution in [2.24, 2.45) is 0 Å². The molecular weight excluding hydrogens is 282 g/mol. The Hall–Kier alpha value is -2.63. The second-order valence-electron chi connectivity index (χ2n) is 5.16. The third-order valence-electron chi connectivity index (χ3n) is 3.39. The van der Waals surface area contributed by atoms with Crippen LogP contribution in [0, 0.1) is 13.8 Å². The number of hydrogen-bond donors (Lipinski definition) is 2. The van der Waals surface area contributed by atoms with Gasteiger partial charge in [-0.25, -0.2) is 4.79 Å². The maximum Gasteiger partial charge on any atom is 0.348 e. The third kappa shape index (κ3) is 3.33. The topological polar surface area (TPSA) is 84.2 Å². The van der Waals surface area contributed by atoms with E-state index in [-0.39, 0.29) is 11.7 Å². The van der Waals surface area contributed by atoms with Gasteiger partial charge in [0.15, 0.2) is 0 Å². The van der Waals surface area contributed by atoms with Crippen molar-refractivity contribution in [3.63, 3.8) is 0 Å². The molecule has 0 saturated carbocycles. The van der Waals surface area contributed by atoms with Crippen LogP contribution < -0.4 is 11.0 Å². The Balaban J connectivity index is 2.32. The summed E-state index contributed by atoms with van der Waals surface area (Å²) in [4.78, 5) is 28.5. The molecular formula is C16H19N3O3. The molecule has 1 aromatic heterocycles. The van der Waals surface area contributed by atoms with E-state index in [0.29, 0.717) is 23.5 Å². The minimum Gasteiger partial charge on any atom is -0.508 e. The van der Waals surface area contributed by atoms with E-state index in [0.717, 1.165) is 0 Å². The number of anilines is 1. The highest BCUT2D eigenvalue weighted by Crippen LogP contribution is 2.19. The number of phenolic OH excluding ortho intramolecular Hbond substituents is 1. The molecule has 6 heteroatoms. The molecule has 6 nitrogen and oxygen atoms in total. The van der Waals surface area contributed by atoms with Crippen LogP contribution in [0.25, 0.3) is 0 Å². The number of aromatic hydroxyl groups is 1. The number of carbonyl (C=O) groups excluding carboxylic acids is 1. The molecule has 2 N–H and O–H groups in total. The first kappa shape index (κ1) is 15.8. The predicted octanol–water partition coefficient (Wildman–Crippen LogP) is 2.16. The normalized spacial score (nSPS) is 12.0. The lowest BCUT2D eigenvalue weighted by molar-refractivity contribution is -0.119. The molecule has 0 radical (unpaired) electrons. The second-order valence-corrected chi connectivity index (χ2v) is 5.16. The lowest BCUT2D eigenvalue weighted by Gasteiger charge is -2.20. The largest absolute Gasteiger partial charge is 0.508 e. The van der Waals surface area contributed by atoms with Crippen molar-refractivity contribution in [2.75, 3.05) is 5.32 Å². The summed E-state index contributed by atoms with van der Waals surface area (Å²) in [5, 5.41) is 12.2. The quantitative estimate of drug-likeness (QED) is 0.906. The number of aromatic nitrogens is 2. The fourth-order valence-corrected chi connectivity index (χ4v) is 2.43. The minimum atomic E-state index is -0.650. The van der Waals surface area contributed by atoms with E-state index in [2.05, 4.69) is 10.3 Å². The molecule has 0 spiro atoms. The Labute approximate surface area is 128 Å². The van der Waals surface area contributed by atoms with Gasteiger partial charge >= 0.3 is 5.69 Å². The first-order valence-corrected chi connectivity index (χ1v) is 7.09. The number of phenols is 1. The monoisotopic (exact) mass is 301 g/mol. The summed E-state index contributed by atoms with van der Waals surface area (Å²) < 4.78 is 1.39. The van der Waals surface area contributed by atoms with Gasteiger partial charge in [0, 0.05) is 23.1 Å². The number of nitrogens with zero attached hydrogens (tertiary/aromatic N) is 2. The summed E-state index contributed by atoms with van der Waals surface area (Å²) >= 11 is 0. The first-order valence-electron chi connectivity index (χ1n) is 7.09. The van der Waals surface area contributed by atoms with E-state index in [9.17, 15) is 14.7 Å². The molecule has 2 rings (SSSR count). The number of amides is 1. The molecule has 116 valence electrons. The van der Waals surface area contributed by atoms with Crippen LogP contribution in [0.2, 0.25) is 0 Å². The molecule has 1 heterocycles. The molecule has 0 aliphatic heterocycles. The molecule has 0 bridgehead atoms. The molecule has 0 fully saturated rings. The van der Waals surface area contributed by atoms with Crippen molar-refractivity contribution in [2.45, 2.75) is 33.2 Å². The smallest absolute Gasteiger partial charge is 0.348 e. The Kier molecular flexibility index (Phi) is 4.60. The summed E-state index contributed by atoms with van der Waals surface area (Å²) in [5.41, 5.74) is 1.36. The van der Waals surface area contributed by atoms with Crippen LogP contribution in [0.5, 0.6) is 5.75 Å². The molecule has 22 heavy (non-hydrogen) atoms. The molecule has 0 aliphatic rings. The molecule has 1 atom stereocenters. The molecule has 2 aromatic rings. The van der Waals surface area contributed by atoms with Gasteiger partial charge in [0.2, 0.25) is 5.91 Å². The SMILES string of the molecule is CCC(C(=O)Nc1cccc(O)c1)n1c(C)cc(C)nc1=O. The zero-order valence-corrected chi connectivity index (χ0v) is 12.8. The summed E-state index contributed by atoms with van der Waals surface area (Å²) in [7, 11) is 0. The minimum absolute atomic E-state index is 0.0659. The van der Waals surface area contributed by atoms with E-state index >= 15 is 0 Å². The van der Waals surface area contributed by atoms with E-state index in [1.807, 2.05) is 6.92 Å². The van der Waals surface area contributed by atoms with Gasteiger partial charge in [-0.05, 0) is 38.5 Å². The summed E-state index contributed by atoms with van der Waals surface area (Å²) in [6.45, 7) is 5.35. The van der Waals surface area contributed by atoms with Crippen molar-refractivity contribution in [3.05, 3.63) is 52.2 Å². The summed E-state index contributed by atoms with van der Waals surface area (Å²) in [6.07, 6.45) is 0.455. The van der Waals surface area contributed by atoms with Crippen molar-refractivity contribution >= 4 is 11.6 Å². The number of hydrogen-bond acceptors (Lipinski definition) is 4. The van der Waals surface area contributed by atoms with E-state index in [1.54, 1.807) is 32.0 Å². The van der Waals surface area contributed by atoms with E-state index < -0.39 is 11.7 Å². The maximum atomic E-state index is 12.5. The van der Waals surface area contributed by atoms with Crippen LogP contribution in [0.15, 0.2) is 35.1 Å². The van der Waals surface area contributed by atoms with Gasteiger partial charge in [-0.3, -0.25) is 9.36 Å². The van der Waals surface area contributed by atoms with E-state index in [1.165, 1.54) is 16.7 Å². The van der Waals surface area contributed by atoms with Crippen LogP contribution >= 0.6 is 0 Å². The van der Waals surface area contributed by atoms with Crippen molar-refractivity contribution in [1.82, 2.24) is 9.55 Å². The second kappa shape index (κ2) is 6.43. The summed E-state index contributed by atoms with van der Waals surface area (Å²) in [6, 6.07) is 7.40. The Morgan fingerprint density at radius 1 is 1.36 bits per heavy atom. The number of rotatable bonds is 4. The predicted molar refractivity (Wildman–Crippen MR) is 84.0 cm³/mol. The number of aryl methyl sites for hydroxylation is 2. The fraction of sp³-hybridized carbons (Fsp3) is 0.312. The Morgan fingerprint density at radius 3 is 2.68 bits per heavy atom. The van der Waals surface area contributed by atoms with Crippen molar-refractivity contribution in [3.8, 4) is 5.75 Å². The Bertz CT molecular complexity index is 753. The zero-order valence-electron chi connectivity index (χ0n) is 12.8. The molecule has 0 saturated heterocycles. The fourth-order valence-electron chi connectivity index (χ4n) is 2.43. The Morgan fingerprint density at radius 2 is 2.09 bits per heavy atom. The van der Waals surface area contributed by atoms with Crippen LogP contribution in [-0.4, -0.2) is 20.6 Å². The average molecular weight is 301 g/mol. The van der Waals surface area contributed by atoms with Crippen LogP contribution in [0.4, 0.5) is 5.69 Å². The van der Waals surface area contributed by atoms with Gasteiger partial charge in [-0.2, -0.15) is 4.98 Å². The average Bonchev–Trinajstić information content (AvgIpc) is 2.42. The van der Waals surface area contributed by atoms with Gasteiger partial charge < -0.3 is 10.4 Å². The highest BCUT2D eigenvalue weighted by molar-refractivity contribution is 5.93. The lowest BCUT2D eigenvalue weighted by atomic mass is 10.1. The highest BCUT2D eigenvalue weighted by atomic mass is 16.3. The van der Waals surface area contributed by atoms with Crippen LogP contribution in [0.1, 0.15) is 30.8 Å². The van der Waals surface area contributed by atoms with Gasteiger partial charge in [0.25, 0.3) is 0 Å². The van der Waals surface area contributed by atoms with Crippen molar-refractivity contribution < 1.29 is 9.90 Å². The van der Waals surface area contributed by atoms with Crippen LogP contribution in [0.3, 0.4) is 0 Å². The zero-order chi connectivity index (χ0) is 16.3. The molecule has 1 amide bonds. The first-order chi connectivity index (χ1) is 10.4. The highest BCUT2D eigenvalue weighted by Gasteiger charge is 2.22. The van der Waals surface area contributed by atoms with Crippen molar-refractivity contribution in [1.29, 1.82) is 0 Å². The third-order valence-corrected chi connectivity index (χ3v) is 3.39. The molecule has 1 unspecified atom stereocenters. The standard InChI is InChI=1S/C16H19N3O3/c1-4-14(19-11(3)8-10(2)17-16(19)22)15(21)18-12-6-5-7-13(20)9-12/h5-9,14,20H,4H2,1-3H3,(H,18,21). The maximum absolute atomic E-state index is 12.5. The van der Waals surface area contributed by atoms with Gasteiger partial charge in [0.1, 0.15) is 11.8 Å². The number of benzene rings is 1. The van der Waals surface area contributed by atoms with E-state index in [4.69, 9.17) is 0 Å². The summed E-state index contributed by atoms with van der Waals surface area (Å²) in [5.74, 6) is -0.250. The van der Waals surface area contributed by atoms with Gasteiger partial charge in [-0.15, -0.1) is 0 Å². The van der Waals surface area contributed by atoms with Crippen LogP contribution in [-0.2, 0) is 4.79 Å². The van der Waals surface area contributed by atoms with Gasteiger partial charge in [-0.1, -0.05) is 13.0 Å². The van der Waals surface area contributed by atoms with Gasteiger partial charge in [0.05, 0.1) is 0 Å². The number of nitrogens with one attached hydrogen (secondary N) is 1. The lowest BCUT2D eigenvalue weighted by Crippen LogP contribution is -2.36.